The normalized spacial score (nSPS) is 36.9. The summed E-state index contributed by atoms with van der Waals surface area (Å²) >= 11 is 0. The minimum absolute atomic E-state index is 0.0340. The van der Waals surface area contributed by atoms with Crippen LogP contribution in [0.25, 0.3) is 0 Å². The standard InChI is InChI=1S/C10H17NO4S/c12-10(13)8-3-4-9(8)11-6-7-2-1-5-16(7,14)15/h7-9,11H,1-6H2,(H,12,13). The van der Waals surface area contributed by atoms with E-state index in [4.69, 9.17) is 5.11 Å². The van der Waals surface area contributed by atoms with Crippen LogP contribution in [0.5, 0.6) is 0 Å². The van der Waals surface area contributed by atoms with Crippen LogP contribution < -0.4 is 5.32 Å². The van der Waals surface area contributed by atoms with Crippen molar-refractivity contribution in [1.82, 2.24) is 5.32 Å². The molecular formula is C10H17NO4S. The summed E-state index contributed by atoms with van der Waals surface area (Å²) < 4.78 is 23.1. The third-order valence-electron chi connectivity index (χ3n) is 3.66. The molecule has 5 nitrogen and oxygen atoms in total. The van der Waals surface area contributed by atoms with Crippen molar-refractivity contribution in [2.75, 3.05) is 12.3 Å². The van der Waals surface area contributed by atoms with Gasteiger partial charge in [-0.25, -0.2) is 8.42 Å². The molecule has 16 heavy (non-hydrogen) atoms. The smallest absolute Gasteiger partial charge is 0.308 e. The molecule has 1 aliphatic carbocycles. The summed E-state index contributed by atoms with van der Waals surface area (Å²) in [6, 6.07) is -0.0340. The lowest BCUT2D eigenvalue weighted by molar-refractivity contribution is -0.146. The fourth-order valence-electron chi connectivity index (χ4n) is 2.41. The van der Waals surface area contributed by atoms with E-state index in [-0.39, 0.29) is 23.0 Å². The Labute approximate surface area is 95.1 Å². The topological polar surface area (TPSA) is 83.5 Å². The van der Waals surface area contributed by atoms with Gasteiger partial charge in [-0.05, 0) is 25.7 Å². The predicted molar refractivity (Wildman–Crippen MR) is 59.0 cm³/mol. The number of hydrogen-bond donors (Lipinski definition) is 2. The van der Waals surface area contributed by atoms with Gasteiger partial charge in [0.05, 0.1) is 16.9 Å². The Morgan fingerprint density at radius 3 is 2.50 bits per heavy atom. The maximum Gasteiger partial charge on any atom is 0.308 e. The zero-order chi connectivity index (χ0) is 11.8. The van der Waals surface area contributed by atoms with Crippen LogP contribution in [0.15, 0.2) is 0 Å². The summed E-state index contributed by atoms with van der Waals surface area (Å²) in [6.07, 6.45) is 2.98. The largest absolute Gasteiger partial charge is 0.481 e. The van der Waals surface area contributed by atoms with Crippen molar-refractivity contribution >= 4 is 15.8 Å². The van der Waals surface area contributed by atoms with Gasteiger partial charge in [-0.1, -0.05) is 0 Å². The second kappa shape index (κ2) is 4.33. The lowest BCUT2D eigenvalue weighted by atomic mass is 9.79. The molecule has 1 heterocycles. The van der Waals surface area contributed by atoms with Crippen LogP contribution in [-0.4, -0.2) is 43.1 Å². The number of carboxylic acids is 1. The number of hydrogen-bond acceptors (Lipinski definition) is 4. The number of carboxylic acid groups (broad SMARTS) is 1. The molecule has 1 saturated carbocycles. The minimum atomic E-state index is -2.91. The van der Waals surface area contributed by atoms with Gasteiger partial charge < -0.3 is 10.4 Å². The average molecular weight is 247 g/mol. The molecule has 0 amide bonds. The molecule has 92 valence electrons. The summed E-state index contributed by atoms with van der Waals surface area (Å²) in [7, 11) is -2.91. The van der Waals surface area contributed by atoms with Crippen molar-refractivity contribution in [3.63, 3.8) is 0 Å². The number of aliphatic carboxylic acids is 1. The van der Waals surface area contributed by atoms with Crippen molar-refractivity contribution in [3.8, 4) is 0 Å². The molecule has 0 aromatic carbocycles. The van der Waals surface area contributed by atoms with E-state index in [9.17, 15) is 13.2 Å². The SMILES string of the molecule is O=C(O)C1CCC1NCC1CCCS1(=O)=O. The highest BCUT2D eigenvalue weighted by Crippen LogP contribution is 2.28. The van der Waals surface area contributed by atoms with Gasteiger partial charge >= 0.3 is 5.97 Å². The van der Waals surface area contributed by atoms with Crippen LogP contribution in [0.3, 0.4) is 0 Å². The van der Waals surface area contributed by atoms with Gasteiger partial charge in [0, 0.05) is 12.6 Å². The van der Waals surface area contributed by atoms with E-state index in [1.165, 1.54) is 0 Å². The number of carbonyl (C=O) groups is 1. The van der Waals surface area contributed by atoms with E-state index in [0.29, 0.717) is 19.4 Å². The molecule has 0 spiro atoms. The molecule has 2 fully saturated rings. The van der Waals surface area contributed by atoms with Gasteiger partial charge in [0.2, 0.25) is 0 Å². The molecule has 6 heteroatoms. The van der Waals surface area contributed by atoms with E-state index in [1.807, 2.05) is 0 Å². The molecule has 3 atom stereocenters. The lowest BCUT2D eigenvalue weighted by Gasteiger charge is -2.34. The van der Waals surface area contributed by atoms with Gasteiger partial charge in [-0.15, -0.1) is 0 Å². The molecule has 2 aliphatic rings. The first-order valence-corrected chi connectivity index (χ1v) is 7.40. The highest BCUT2D eigenvalue weighted by molar-refractivity contribution is 7.92. The van der Waals surface area contributed by atoms with Crippen molar-refractivity contribution in [1.29, 1.82) is 0 Å². The Hall–Kier alpha value is -0.620. The first-order chi connectivity index (χ1) is 7.50. The van der Waals surface area contributed by atoms with Crippen molar-refractivity contribution in [3.05, 3.63) is 0 Å². The van der Waals surface area contributed by atoms with Gasteiger partial charge in [0.1, 0.15) is 0 Å². The number of nitrogens with one attached hydrogen (secondary N) is 1. The second-order valence-corrected chi connectivity index (χ2v) is 7.07. The van der Waals surface area contributed by atoms with Crippen LogP contribution in [-0.2, 0) is 14.6 Å². The zero-order valence-electron chi connectivity index (χ0n) is 9.05. The van der Waals surface area contributed by atoms with Crippen LogP contribution >= 0.6 is 0 Å². The maximum absolute atomic E-state index is 11.5. The zero-order valence-corrected chi connectivity index (χ0v) is 9.87. The number of rotatable bonds is 4. The summed E-state index contributed by atoms with van der Waals surface area (Å²) in [5.41, 5.74) is 0. The molecule has 0 bridgehead atoms. The molecule has 2 rings (SSSR count). The fourth-order valence-corrected chi connectivity index (χ4v) is 4.19. The minimum Gasteiger partial charge on any atom is -0.481 e. The molecule has 3 unspecified atom stereocenters. The first kappa shape index (κ1) is 11.9. The molecule has 1 saturated heterocycles. The lowest BCUT2D eigenvalue weighted by Crippen LogP contribution is -2.50. The highest BCUT2D eigenvalue weighted by atomic mass is 32.2. The van der Waals surface area contributed by atoms with E-state index in [1.54, 1.807) is 0 Å². The Kier molecular flexibility index (Phi) is 3.21. The van der Waals surface area contributed by atoms with Gasteiger partial charge in [0.15, 0.2) is 9.84 Å². The van der Waals surface area contributed by atoms with Crippen LogP contribution in [0, 0.1) is 5.92 Å². The summed E-state index contributed by atoms with van der Waals surface area (Å²) in [5, 5.41) is 11.6. The summed E-state index contributed by atoms with van der Waals surface area (Å²) in [4.78, 5) is 10.8. The third-order valence-corrected chi connectivity index (χ3v) is 5.94. The Bertz CT molecular complexity index is 378. The molecule has 0 aromatic rings. The predicted octanol–water partition coefficient (Wildman–Crippen LogP) is 0.0164. The van der Waals surface area contributed by atoms with Gasteiger partial charge in [0.25, 0.3) is 0 Å². The third kappa shape index (κ3) is 2.22. The monoisotopic (exact) mass is 247 g/mol. The van der Waals surface area contributed by atoms with E-state index >= 15 is 0 Å². The highest BCUT2D eigenvalue weighted by Gasteiger charge is 2.38. The van der Waals surface area contributed by atoms with Gasteiger partial charge in [-0.3, -0.25) is 4.79 Å². The van der Waals surface area contributed by atoms with Crippen molar-refractivity contribution in [2.24, 2.45) is 5.92 Å². The molecule has 0 radical (unpaired) electrons. The number of sulfone groups is 1. The van der Waals surface area contributed by atoms with Crippen molar-refractivity contribution < 1.29 is 18.3 Å². The van der Waals surface area contributed by atoms with Crippen molar-refractivity contribution in [2.45, 2.75) is 37.0 Å². The van der Waals surface area contributed by atoms with Crippen LogP contribution in [0.1, 0.15) is 25.7 Å². The molecule has 1 aliphatic heterocycles. The summed E-state index contributed by atoms with van der Waals surface area (Å²) in [6.45, 7) is 0.413. The van der Waals surface area contributed by atoms with Crippen LogP contribution in [0.4, 0.5) is 0 Å². The fraction of sp³-hybridized carbons (Fsp3) is 0.900. The van der Waals surface area contributed by atoms with E-state index in [0.717, 1.165) is 12.8 Å². The maximum atomic E-state index is 11.5. The molecule has 0 aromatic heterocycles. The van der Waals surface area contributed by atoms with E-state index < -0.39 is 15.8 Å². The second-order valence-electron chi connectivity index (χ2n) is 4.67. The average Bonchev–Trinajstić information content (AvgIpc) is 2.43. The van der Waals surface area contributed by atoms with E-state index in [2.05, 4.69) is 5.32 Å². The first-order valence-electron chi connectivity index (χ1n) is 5.68. The molecular weight excluding hydrogens is 230 g/mol. The Morgan fingerprint density at radius 1 is 1.31 bits per heavy atom. The Balaban J connectivity index is 1.82. The quantitative estimate of drug-likeness (QED) is 0.731. The summed E-state index contributed by atoms with van der Waals surface area (Å²) in [5.74, 6) is -0.825. The van der Waals surface area contributed by atoms with Gasteiger partial charge in [-0.2, -0.15) is 0 Å². The Morgan fingerprint density at radius 2 is 2.06 bits per heavy atom. The molecule has 2 N–H and O–H groups in total. The van der Waals surface area contributed by atoms with Crippen LogP contribution in [0.2, 0.25) is 0 Å².